The van der Waals surface area contributed by atoms with Crippen LogP contribution in [0.2, 0.25) is 0 Å². The number of halogens is 3. The van der Waals surface area contributed by atoms with Crippen LogP contribution in [0.4, 0.5) is 18.0 Å². The van der Waals surface area contributed by atoms with Crippen molar-refractivity contribution in [2.24, 2.45) is 0 Å². The summed E-state index contributed by atoms with van der Waals surface area (Å²) in [7, 11) is 1.18. The Kier molecular flexibility index (Phi) is 5.37. The average Bonchev–Trinajstić information content (AvgIpc) is 2.38. The molecule has 0 fully saturated rings. The summed E-state index contributed by atoms with van der Waals surface area (Å²) in [5.41, 5.74) is -0.651. The van der Waals surface area contributed by atoms with E-state index in [1.807, 2.05) is 0 Å². The number of aliphatic carboxylic acids is 1. The van der Waals surface area contributed by atoms with E-state index in [1.54, 1.807) is 0 Å². The lowest BCUT2D eigenvalue weighted by atomic mass is 10.1. The van der Waals surface area contributed by atoms with Gasteiger partial charge in [-0.25, -0.2) is 9.59 Å². The van der Waals surface area contributed by atoms with Crippen molar-refractivity contribution >= 4 is 12.0 Å². The predicted octanol–water partition coefficient (Wildman–Crippen LogP) is 0.990. The lowest BCUT2D eigenvalue weighted by molar-refractivity contribution is -0.148. The molecule has 1 heterocycles. The van der Waals surface area contributed by atoms with Crippen molar-refractivity contribution in [3.8, 4) is 0 Å². The molecule has 0 saturated heterocycles. The lowest BCUT2D eigenvalue weighted by Crippen LogP contribution is -2.46. The van der Waals surface area contributed by atoms with Crippen LogP contribution < -0.4 is 5.32 Å². The van der Waals surface area contributed by atoms with Crippen molar-refractivity contribution in [1.82, 2.24) is 10.2 Å². The van der Waals surface area contributed by atoms with Crippen LogP contribution in [0.25, 0.3) is 0 Å². The molecule has 2 N–H and O–H groups in total. The van der Waals surface area contributed by atoms with E-state index in [9.17, 15) is 22.8 Å². The fourth-order valence-electron chi connectivity index (χ4n) is 1.67. The molecular formula is C11H15F3N2O4. The first-order valence-corrected chi connectivity index (χ1v) is 5.80. The number of methoxy groups -OCH3 is 1. The van der Waals surface area contributed by atoms with Crippen LogP contribution in [0.15, 0.2) is 11.6 Å². The molecule has 0 aromatic heterocycles. The Balaban J connectivity index is 2.47. The van der Waals surface area contributed by atoms with E-state index < -0.39 is 29.9 Å². The zero-order valence-electron chi connectivity index (χ0n) is 10.7. The largest absolute Gasteiger partial charge is 0.479 e. The highest BCUT2D eigenvalue weighted by Gasteiger charge is 2.35. The maximum Gasteiger partial charge on any atom is 0.412 e. The number of hydrogen-bond acceptors (Lipinski definition) is 3. The van der Waals surface area contributed by atoms with Gasteiger partial charge in [-0.1, -0.05) is 6.08 Å². The Labute approximate surface area is 113 Å². The molecule has 0 spiro atoms. The third-order valence-electron chi connectivity index (χ3n) is 2.86. The van der Waals surface area contributed by atoms with Crippen molar-refractivity contribution in [2.45, 2.75) is 18.7 Å². The Morgan fingerprint density at radius 2 is 2.20 bits per heavy atom. The van der Waals surface area contributed by atoms with Crippen LogP contribution in [0, 0.1) is 0 Å². The molecule has 1 aliphatic rings. The van der Waals surface area contributed by atoms with Gasteiger partial charge in [0.15, 0.2) is 6.10 Å². The molecule has 2 amide bonds. The smallest absolute Gasteiger partial charge is 0.412 e. The van der Waals surface area contributed by atoms with E-state index in [4.69, 9.17) is 5.11 Å². The molecule has 1 unspecified atom stereocenters. The van der Waals surface area contributed by atoms with E-state index in [2.05, 4.69) is 10.1 Å². The van der Waals surface area contributed by atoms with Crippen LogP contribution in [-0.4, -0.2) is 61.0 Å². The van der Waals surface area contributed by atoms with Crippen LogP contribution in [0.5, 0.6) is 0 Å². The second kappa shape index (κ2) is 6.60. The summed E-state index contributed by atoms with van der Waals surface area (Å²) in [5.74, 6) is -1.23. The number of nitrogens with zero attached hydrogens (tertiary/aromatic N) is 1. The molecule has 1 atom stereocenters. The van der Waals surface area contributed by atoms with Gasteiger partial charge in [0.25, 0.3) is 0 Å². The minimum Gasteiger partial charge on any atom is -0.479 e. The first-order chi connectivity index (χ1) is 9.25. The summed E-state index contributed by atoms with van der Waals surface area (Å²) in [4.78, 5) is 23.5. The number of carboxylic acid groups (broad SMARTS) is 1. The zero-order valence-corrected chi connectivity index (χ0v) is 10.7. The van der Waals surface area contributed by atoms with E-state index in [0.717, 1.165) is 6.08 Å². The van der Waals surface area contributed by atoms with Gasteiger partial charge in [-0.15, -0.1) is 0 Å². The van der Waals surface area contributed by atoms with Gasteiger partial charge in [0.1, 0.15) is 0 Å². The van der Waals surface area contributed by atoms with E-state index in [1.165, 1.54) is 12.0 Å². The second-order valence-corrected chi connectivity index (χ2v) is 4.17. The third-order valence-corrected chi connectivity index (χ3v) is 2.86. The van der Waals surface area contributed by atoms with Crippen molar-refractivity contribution in [1.29, 1.82) is 0 Å². The first kappa shape index (κ1) is 16.3. The van der Waals surface area contributed by atoms with Gasteiger partial charge in [-0.3, -0.25) is 0 Å². The van der Waals surface area contributed by atoms with E-state index in [-0.39, 0.29) is 26.1 Å². The molecule has 1 rings (SSSR count). The van der Waals surface area contributed by atoms with Crippen molar-refractivity contribution < 1.29 is 32.6 Å². The summed E-state index contributed by atoms with van der Waals surface area (Å²) < 4.78 is 41.8. The number of amides is 2. The summed E-state index contributed by atoms with van der Waals surface area (Å²) in [6, 6.07) is -0.620. The predicted molar refractivity (Wildman–Crippen MR) is 62.2 cm³/mol. The number of urea groups is 1. The monoisotopic (exact) mass is 296 g/mol. The molecule has 0 saturated carbocycles. The normalized spacial score (nSPS) is 17.4. The standard InChI is InChI=1S/C11H15F3N2O4/c1-20-8(9(17)18)6-15-10(19)16-4-2-7(3-5-16)11(12,13)14/h2,8H,3-6H2,1H3,(H,15,19)(H,17,18). The highest BCUT2D eigenvalue weighted by atomic mass is 19.4. The molecule has 6 nitrogen and oxygen atoms in total. The summed E-state index contributed by atoms with van der Waals surface area (Å²) in [6.45, 7) is -0.482. The molecule has 0 aliphatic carbocycles. The molecular weight excluding hydrogens is 281 g/mol. The zero-order chi connectivity index (χ0) is 15.3. The number of carbonyl (C=O) groups excluding carboxylic acids is 1. The average molecular weight is 296 g/mol. The molecule has 0 bridgehead atoms. The molecule has 9 heteroatoms. The van der Waals surface area contributed by atoms with Gasteiger partial charge >= 0.3 is 18.2 Å². The number of carboxylic acids is 1. The van der Waals surface area contributed by atoms with Crippen LogP contribution in [0.3, 0.4) is 0 Å². The topological polar surface area (TPSA) is 78.9 Å². The minimum atomic E-state index is -4.37. The van der Waals surface area contributed by atoms with Gasteiger partial charge in [-0.05, 0) is 6.42 Å². The molecule has 20 heavy (non-hydrogen) atoms. The Morgan fingerprint density at radius 3 is 2.60 bits per heavy atom. The number of carbonyl (C=O) groups is 2. The highest BCUT2D eigenvalue weighted by Crippen LogP contribution is 2.29. The molecule has 0 aromatic rings. The minimum absolute atomic E-state index is 0.0676. The highest BCUT2D eigenvalue weighted by molar-refractivity contribution is 5.77. The quantitative estimate of drug-likeness (QED) is 0.758. The molecule has 114 valence electrons. The van der Waals surface area contributed by atoms with E-state index >= 15 is 0 Å². The van der Waals surface area contributed by atoms with Gasteiger partial charge < -0.3 is 20.1 Å². The fraction of sp³-hybridized carbons (Fsp3) is 0.636. The van der Waals surface area contributed by atoms with Gasteiger partial charge in [0.2, 0.25) is 0 Å². The fourth-order valence-corrected chi connectivity index (χ4v) is 1.67. The van der Waals surface area contributed by atoms with Crippen LogP contribution in [0.1, 0.15) is 6.42 Å². The first-order valence-electron chi connectivity index (χ1n) is 5.80. The second-order valence-electron chi connectivity index (χ2n) is 4.17. The van der Waals surface area contributed by atoms with Gasteiger partial charge in [0, 0.05) is 25.8 Å². The van der Waals surface area contributed by atoms with Gasteiger partial charge in [-0.2, -0.15) is 13.2 Å². The number of nitrogens with one attached hydrogen (secondary N) is 1. The molecule has 0 radical (unpaired) electrons. The number of alkyl halides is 3. The van der Waals surface area contributed by atoms with Crippen LogP contribution in [-0.2, 0) is 9.53 Å². The lowest BCUT2D eigenvalue weighted by Gasteiger charge is -2.27. The number of rotatable bonds is 4. The Hall–Kier alpha value is -1.77. The number of ether oxygens (including phenoxy) is 1. The summed E-state index contributed by atoms with van der Waals surface area (Å²) >= 11 is 0. The van der Waals surface area contributed by atoms with Crippen molar-refractivity contribution in [2.75, 3.05) is 26.7 Å². The van der Waals surface area contributed by atoms with Crippen molar-refractivity contribution in [3.05, 3.63) is 11.6 Å². The Bertz CT molecular complexity index is 409. The van der Waals surface area contributed by atoms with Crippen LogP contribution >= 0.6 is 0 Å². The Morgan fingerprint density at radius 1 is 1.55 bits per heavy atom. The maximum atomic E-state index is 12.4. The third kappa shape index (κ3) is 4.41. The summed E-state index contributed by atoms with van der Waals surface area (Å²) in [6.07, 6.45) is -4.88. The van der Waals surface area contributed by atoms with Crippen molar-refractivity contribution in [3.63, 3.8) is 0 Å². The molecule has 1 aliphatic heterocycles. The SMILES string of the molecule is COC(CNC(=O)N1CC=C(C(F)(F)F)CC1)C(=O)O. The van der Waals surface area contributed by atoms with E-state index in [0.29, 0.717) is 0 Å². The number of hydrogen-bond donors (Lipinski definition) is 2. The summed E-state index contributed by atoms with van der Waals surface area (Å²) in [5, 5.41) is 11.0. The molecule has 0 aromatic carbocycles. The maximum absolute atomic E-state index is 12.4. The van der Waals surface area contributed by atoms with Gasteiger partial charge in [0.05, 0.1) is 6.54 Å².